The van der Waals surface area contributed by atoms with Gasteiger partial charge in [0.1, 0.15) is 11.5 Å². The van der Waals surface area contributed by atoms with Crippen molar-refractivity contribution in [2.45, 2.75) is 19.8 Å². The molecule has 0 aliphatic rings. The van der Waals surface area contributed by atoms with Gasteiger partial charge < -0.3 is 19.5 Å². The Morgan fingerprint density at radius 2 is 1.68 bits per heavy atom. The second kappa shape index (κ2) is 11.4. The van der Waals surface area contributed by atoms with Crippen LogP contribution >= 0.6 is 0 Å². The summed E-state index contributed by atoms with van der Waals surface area (Å²) in [6.07, 6.45) is 0.680. The van der Waals surface area contributed by atoms with Crippen LogP contribution in [-0.2, 0) is 19.1 Å². The zero-order valence-electron chi connectivity index (χ0n) is 15.7. The van der Waals surface area contributed by atoms with Gasteiger partial charge in [-0.1, -0.05) is 24.3 Å². The zero-order chi connectivity index (χ0) is 20.2. The molecule has 2 rings (SSSR count). The van der Waals surface area contributed by atoms with Gasteiger partial charge >= 0.3 is 11.9 Å². The van der Waals surface area contributed by atoms with E-state index < -0.39 is 18.5 Å². The lowest BCUT2D eigenvalue weighted by atomic mass is 10.2. The van der Waals surface area contributed by atoms with Crippen molar-refractivity contribution >= 4 is 17.8 Å². The van der Waals surface area contributed by atoms with E-state index in [1.807, 2.05) is 18.2 Å². The molecule has 1 amide bonds. The van der Waals surface area contributed by atoms with E-state index in [4.69, 9.17) is 14.2 Å². The smallest absolute Gasteiger partial charge is 0.338 e. The molecule has 148 valence electrons. The summed E-state index contributed by atoms with van der Waals surface area (Å²) in [6.45, 7) is 1.97. The molecular formula is C21H23NO6. The van der Waals surface area contributed by atoms with Gasteiger partial charge in [0.25, 0.3) is 5.91 Å². The Hall–Kier alpha value is -3.35. The van der Waals surface area contributed by atoms with Crippen molar-refractivity contribution in [1.82, 2.24) is 5.32 Å². The van der Waals surface area contributed by atoms with Crippen molar-refractivity contribution in [2.24, 2.45) is 0 Å². The van der Waals surface area contributed by atoms with Gasteiger partial charge in [0, 0.05) is 13.0 Å². The molecule has 0 aliphatic heterocycles. The highest BCUT2D eigenvalue weighted by Crippen LogP contribution is 2.22. The molecule has 7 nitrogen and oxygen atoms in total. The number of hydrogen-bond donors (Lipinski definition) is 1. The molecular weight excluding hydrogens is 362 g/mol. The number of carbonyl (C=O) groups excluding carboxylic acids is 3. The number of esters is 2. The summed E-state index contributed by atoms with van der Waals surface area (Å²) in [5, 5.41) is 2.58. The molecule has 0 radical (unpaired) electrons. The van der Waals surface area contributed by atoms with Gasteiger partial charge in [-0.15, -0.1) is 0 Å². The van der Waals surface area contributed by atoms with Gasteiger partial charge in [-0.05, 0) is 43.7 Å². The predicted octanol–water partition coefficient (Wildman–Crippen LogP) is 3.10. The van der Waals surface area contributed by atoms with Crippen molar-refractivity contribution in [3.8, 4) is 11.5 Å². The number of benzene rings is 2. The van der Waals surface area contributed by atoms with Crippen LogP contribution in [-0.4, -0.2) is 37.6 Å². The van der Waals surface area contributed by atoms with E-state index in [9.17, 15) is 14.4 Å². The second-order valence-corrected chi connectivity index (χ2v) is 5.78. The number of para-hydroxylation sites is 1. The van der Waals surface area contributed by atoms with E-state index in [2.05, 4.69) is 5.32 Å². The molecule has 0 aliphatic carbocycles. The van der Waals surface area contributed by atoms with Gasteiger partial charge in [0.05, 0.1) is 12.2 Å². The first-order chi connectivity index (χ1) is 13.6. The Balaban J connectivity index is 1.74. The largest absolute Gasteiger partial charge is 0.466 e. The van der Waals surface area contributed by atoms with E-state index in [1.54, 1.807) is 43.3 Å². The average Bonchev–Trinajstić information content (AvgIpc) is 2.70. The van der Waals surface area contributed by atoms with Crippen LogP contribution < -0.4 is 10.1 Å². The van der Waals surface area contributed by atoms with Crippen LogP contribution in [0.3, 0.4) is 0 Å². The standard InChI is InChI=1S/C21H23NO6/c1-2-26-20(24)12-7-13-22-19(23)15-27-21(25)16-8-6-11-18(14-16)28-17-9-4-3-5-10-17/h3-6,8-11,14H,2,7,12-13,15H2,1H3,(H,22,23). The molecule has 0 spiro atoms. The topological polar surface area (TPSA) is 90.9 Å². The maximum absolute atomic E-state index is 12.1. The molecule has 0 heterocycles. The van der Waals surface area contributed by atoms with Crippen LogP contribution in [0.2, 0.25) is 0 Å². The molecule has 28 heavy (non-hydrogen) atoms. The number of rotatable bonds is 10. The molecule has 0 aromatic heterocycles. The third-order valence-corrected chi connectivity index (χ3v) is 3.57. The quantitative estimate of drug-likeness (QED) is 0.499. The van der Waals surface area contributed by atoms with Crippen molar-refractivity contribution < 1.29 is 28.6 Å². The van der Waals surface area contributed by atoms with Gasteiger partial charge in [0.15, 0.2) is 6.61 Å². The highest BCUT2D eigenvalue weighted by atomic mass is 16.5. The van der Waals surface area contributed by atoms with Crippen LogP contribution in [0.5, 0.6) is 11.5 Å². The minimum Gasteiger partial charge on any atom is -0.466 e. The molecule has 0 unspecified atom stereocenters. The monoisotopic (exact) mass is 385 g/mol. The van der Waals surface area contributed by atoms with Gasteiger partial charge in [-0.2, -0.15) is 0 Å². The van der Waals surface area contributed by atoms with Crippen LogP contribution in [0.1, 0.15) is 30.1 Å². The molecule has 2 aromatic rings. The molecule has 0 saturated heterocycles. The van der Waals surface area contributed by atoms with E-state index in [0.717, 1.165) is 0 Å². The summed E-state index contributed by atoms with van der Waals surface area (Å²) in [4.78, 5) is 35.0. The van der Waals surface area contributed by atoms with Crippen LogP contribution in [0, 0.1) is 0 Å². The lowest BCUT2D eigenvalue weighted by Crippen LogP contribution is -2.30. The summed E-state index contributed by atoms with van der Waals surface area (Å²) in [6, 6.07) is 15.7. The summed E-state index contributed by atoms with van der Waals surface area (Å²) >= 11 is 0. The SMILES string of the molecule is CCOC(=O)CCCNC(=O)COC(=O)c1cccc(Oc2ccccc2)c1. The summed E-state index contributed by atoms with van der Waals surface area (Å²) < 4.78 is 15.5. The number of hydrogen-bond acceptors (Lipinski definition) is 6. The van der Waals surface area contributed by atoms with Crippen molar-refractivity contribution in [3.05, 3.63) is 60.2 Å². The molecule has 1 N–H and O–H groups in total. The Morgan fingerprint density at radius 1 is 0.929 bits per heavy atom. The van der Waals surface area contributed by atoms with E-state index in [1.165, 1.54) is 0 Å². The summed E-state index contributed by atoms with van der Waals surface area (Å²) in [5.74, 6) is -0.228. The molecule has 0 bridgehead atoms. The average molecular weight is 385 g/mol. The summed E-state index contributed by atoms with van der Waals surface area (Å²) in [7, 11) is 0. The van der Waals surface area contributed by atoms with Gasteiger partial charge in [-0.3, -0.25) is 9.59 Å². The van der Waals surface area contributed by atoms with Gasteiger partial charge in [0.2, 0.25) is 0 Å². The molecule has 0 atom stereocenters. The van der Waals surface area contributed by atoms with Crippen molar-refractivity contribution in [1.29, 1.82) is 0 Å². The Bertz CT molecular complexity index is 790. The molecule has 7 heteroatoms. The zero-order valence-corrected chi connectivity index (χ0v) is 15.7. The minimum atomic E-state index is -0.625. The maximum Gasteiger partial charge on any atom is 0.338 e. The number of ether oxygens (including phenoxy) is 3. The fourth-order valence-corrected chi connectivity index (χ4v) is 2.27. The third-order valence-electron chi connectivity index (χ3n) is 3.57. The Kier molecular flexibility index (Phi) is 8.52. The number of amides is 1. The highest BCUT2D eigenvalue weighted by molar-refractivity contribution is 5.91. The Morgan fingerprint density at radius 3 is 2.43 bits per heavy atom. The number of carbonyl (C=O) groups is 3. The summed E-state index contributed by atoms with van der Waals surface area (Å²) in [5.41, 5.74) is 0.281. The molecule has 2 aromatic carbocycles. The normalized spacial score (nSPS) is 10.0. The lowest BCUT2D eigenvalue weighted by Gasteiger charge is -2.08. The van der Waals surface area contributed by atoms with E-state index in [-0.39, 0.29) is 18.0 Å². The first-order valence-corrected chi connectivity index (χ1v) is 9.01. The van der Waals surface area contributed by atoms with Crippen molar-refractivity contribution in [3.63, 3.8) is 0 Å². The van der Waals surface area contributed by atoms with Gasteiger partial charge in [-0.25, -0.2) is 4.79 Å². The maximum atomic E-state index is 12.1. The number of nitrogens with one attached hydrogen (secondary N) is 1. The minimum absolute atomic E-state index is 0.224. The van der Waals surface area contributed by atoms with Crippen LogP contribution in [0.4, 0.5) is 0 Å². The second-order valence-electron chi connectivity index (χ2n) is 5.78. The lowest BCUT2D eigenvalue weighted by molar-refractivity contribution is -0.143. The van der Waals surface area contributed by atoms with Crippen molar-refractivity contribution in [2.75, 3.05) is 19.8 Å². The first-order valence-electron chi connectivity index (χ1n) is 9.01. The highest BCUT2D eigenvalue weighted by Gasteiger charge is 2.11. The van der Waals surface area contributed by atoms with E-state index >= 15 is 0 Å². The Labute approximate surface area is 163 Å². The first kappa shape index (κ1) is 21.0. The predicted molar refractivity (Wildman–Crippen MR) is 102 cm³/mol. The fourth-order valence-electron chi connectivity index (χ4n) is 2.27. The van der Waals surface area contributed by atoms with Crippen LogP contribution in [0.15, 0.2) is 54.6 Å². The fraction of sp³-hybridized carbons (Fsp3) is 0.286. The third kappa shape index (κ3) is 7.49. The molecule has 0 saturated carbocycles. The van der Waals surface area contributed by atoms with E-state index in [0.29, 0.717) is 31.1 Å². The van der Waals surface area contributed by atoms with Crippen LogP contribution in [0.25, 0.3) is 0 Å². The molecule has 0 fully saturated rings.